The van der Waals surface area contributed by atoms with Crippen LogP contribution in [0.5, 0.6) is 0 Å². The number of allylic oxidation sites excluding steroid dienone is 2. The molecule has 0 atom stereocenters. The predicted molar refractivity (Wildman–Crippen MR) is 40.0 cm³/mol. The van der Waals surface area contributed by atoms with Crippen LogP contribution in [0.1, 0.15) is 20.3 Å². The van der Waals surface area contributed by atoms with Gasteiger partial charge in [0.25, 0.3) is 0 Å². The molecule has 1 rings (SSSR count). The summed E-state index contributed by atoms with van der Waals surface area (Å²) in [5, 5.41) is 7.70. The molecular formula is C7H10N2. The van der Waals surface area contributed by atoms with Gasteiger partial charge >= 0.3 is 0 Å². The summed E-state index contributed by atoms with van der Waals surface area (Å²) in [4.78, 5) is 0. The van der Waals surface area contributed by atoms with E-state index in [0.717, 1.165) is 12.1 Å². The lowest BCUT2D eigenvalue weighted by molar-refractivity contribution is 1.23. The minimum atomic E-state index is 0.931. The van der Waals surface area contributed by atoms with Crippen LogP contribution >= 0.6 is 0 Å². The van der Waals surface area contributed by atoms with E-state index in [1.807, 2.05) is 19.2 Å². The second-order valence-corrected chi connectivity index (χ2v) is 2.23. The fourth-order valence-corrected chi connectivity index (χ4v) is 0.761. The Labute approximate surface area is 55.0 Å². The molecule has 48 valence electrons. The van der Waals surface area contributed by atoms with E-state index in [1.165, 1.54) is 5.57 Å². The van der Waals surface area contributed by atoms with Crippen molar-refractivity contribution in [3.8, 4) is 0 Å². The highest BCUT2D eigenvalue weighted by Gasteiger charge is 1.91. The van der Waals surface area contributed by atoms with Crippen LogP contribution in [-0.4, -0.2) is 11.9 Å². The Kier molecular flexibility index (Phi) is 1.78. The summed E-state index contributed by atoms with van der Waals surface area (Å²) in [6.07, 6.45) is 4.80. The molecule has 0 aromatic heterocycles. The quantitative estimate of drug-likeness (QED) is 0.468. The molecule has 0 aliphatic carbocycles. The molecule has 1 aliphatic rings. The van der Waals surface area contributed by atoms with Crippen LogP contribution in [0.2, 0.25) is 0 Å². The Bertz CT molecular complexity index is 187. The number of hydrogen-bond donors (Lipinski definition) is 0. The third-order valence-electron chi connectivity index (χ3n) is 1.17. The van der Waals surface area contributed by atoms with Gasteiger partial charge < -0.3 is 0 Å². The van der Waals surface area contributed by atoms with Gasteiger partial charge in [0.15, 0.2) is 0 Å². The van der Waals surface area contributed by atoms with Crippen molar-refractivity contribution in [2.24, 2.45) is 10.2 Å². The lowest BCUT2D eigenvalue weighted by Gasteiger charge is -1.88. The van der Waals surface area contributed by atoms with Crippen LogP contribution in [0.25, 0.3) is 0 Å². The molecule has 2 nitrogen and oxygen atoms in total. The zero-order valence-electron chi connectivity index (χ0n) is 5.76. The van der Waals surface area contributed by atoms with E-state index in [4.69, 9.17) is 0 Å². The maximum Gasteiger partial charge on any atom is 0.0599 e. The van der Waals surface area contributed by atoms with Crippen molar-refractivity contribution in [1.29, 1.82) is 0 Å². The first-order valence-corrected chi connectivity index (χ1v) is 3.02. The topological polar surface area (TPSA) is 24.7 Å². The van der Waals surface area contributed by atoms with Crippen LogP contribution < -0.4 is 0 Å². The third kappa shape index (κ3) is 1.80. The highest BCUT2D eigenvalue weighted by atomic mass is 15.2. The minimum absolute atomic E-state index is 0.931. The Morgan fingerprint density at radius 1 is 1.44 bits per heavy atom. The molecule has 1 heterocycles. The van der Waals surface area contributed by atoms with Gasteiger partial charge in [-0.15, -0.1) is 0 Å². The van der Waals surface area contributed by atoms with Gasteiger partial charge in [-0.2, -0.15) is 10.2 Å². The van der Waals surface area contributed by atoms with Crippen molar-refractivity contribution < 1.29 is 0 Å². The summed E-state index contributed by atoms with van der Waals surface area (Å²) in [6.45, 7) is 4.03. The molecule has 0 aromatic carbocycles. The Balaban J connectivity index is 2.82. The van der Waals surface area contributed by atoms with Gasteiger partial charge in [-0.25, -0.2) is 0 Å². The molecular weight excluding hydrogens is 112 g/mol. The van der Waals surface area contributed by atoms with Gasteiger partial charge in [0.1, 0.15) is 0 Å². The lowest BCUT2D eigenvalue weighted by atomic mass is 10.2. The Hall–Kier alpha value is -0.920. The van der Waals surface area contributed by atoms with Gasteiger partial charge in [0.2, 0.25) is 0 Å². The SMILES string of the molecule is CC1=CC(C)=NN=CC1. The van der Waals surface area contributed by atoms with Crippen LogP contribution in [0.3, 0.4) is 0 Å². The fourth-order valence-electron chi connectivity index (χ4n) is 0.761. The standard InChI is InChI=1S/C7H10N2/c1-6-3-4-8-9-7(2)5-6/h4-5H,3H2,1-2H3. The minimum Gasteiger partial charge on any atom is -0.163 e. The monoisotopic (exact) mass is 122 g/mol. The number of hydrogen-bond acceptors (Lipinski definition) is 2. The Morgan fingerprint density at radius 2 is 2.22 bits per heavy atom. The first kappa shape index (κ1) is 6.20. The van der Waals surface area contributed by atoms with E-state index in [9.17, 15) is 0 Å². The molecule has 0 radical (unpaired) electrons. The molecule has 2 heteroatoms. The van der Waals surface area contributed by atoms with E-state index < -0.39 is 0 Å². The van der Waals surface area contributed by atoms with Gasteiger partial charge in [-0.1, -0.05) is 5.57 Å². The highest BCUT2D eigenvalue weighted by molar-refractivity contribution is 5.94. The molecule has 0 fully saturated rings. The van der Waals surface area contributed by atoms with Crippen LogP contribution in [-0.2, 0) is 0 Å². The van der Waals surface area contributed by atoms with Crippen molar-refractivity contribution in [3.63, 3.8) is 0 Å². The molecule has 0 spiro atoms. The van der Waals surface area contributed by atoms with Gasteiger partial charge in [0, 0.05) is 12.6 Å². The number of nitrogens with zero attached hydrogens (tertiary/aromatic N) is 2. The number of rotatable bonds is 0. The summed E-state index contributed by atoms with van der Waals surface area (Å²) in [5.74, 6) is 0. The predicted octanol–water partition coefficient (Wildman–Crippen LogP) is 1.78. The van der Waals surface area contributed by atoms with Gasteiger partial charge in [-0.05, 0) is 19.9 Å². The summed E-state index contributed by atoms with van der Waals surface area (Å²) >= 11 is 0. The molecule has 1 aliphatic heterocycles. The van der Waals surface area contributed by atoms with Crippen LogP contribution in [0.15, 0.2) is 21.9 Å². The van der Waals surface area contributed by atoms with Crippen molar-refractivity contribution in [1.82, 2.24) is 0 Å². The molecule has 9 heavy (non-hydrogen) atoms. The maximum absolute atomic E-state index is 3.88. The third-order valence-corrected chi connectivity index (χ3v) is 1.17. The first-order chi connectivity index (χ1) is 4.29. The molecule has 0 bridgehead atoms. The van der Waals surface area contributed by atoms with E-state index in [0.29, 0.717) is 0 Å². The van der Waals surface area contributed by atoms with Gasteiger partial charge in [0.05, 0.1) is 5.71 Å². The van der Waals surface area contributed by atoms with Crippen molar-refractivity contribution in [3.05, 3.63) is 11.6 Å². The molecule has 0 amide bonds. The summed E-state index contributed by atoms with van der Waals surface area (Å²) < 4.78 is 0. The van der Waals surface area contributed by atoms with Crippen LogP contribution in [0, 0.1) is 0 Å². The molecule has 0 aromatic rings. The van der Waals surface area contributed by atoms with E-state index in [1.54, 1.807) is 0 Å². The van der Waals surface area contributed by atoms with E-state index >= 15 is 0 Å². The zero-order chi connectivity index (χ0) is 6.69. The Morgan fingerprint density at radius 3 is 3.00 bits per heavy atom. The lowest BCUT2D eigenvalue weighted by Crippen LogP contribution is -1.82. The smallest absolute Gasteiger partial charge is 0.0599 e. The van der Waals surface area contributed by atoms with Crippen molar-refractivity contribution in [2.45, 2.75) is 20.3 Å². The zero-order valence-corrected chi connectivity index (χ0v) is 5.76. The van der Waals surface area contributed by atoms with Crippen LogP contribution in [0.4, 0.5) is 0 Å². The van der Waals surface area contributed by atoms with E-state index in [2.05, 4.69) is 17.1 Å². The molecule has 0 saturated carbocycles. The molecule has 0 N–H and O–H groups in total. The average Bonchev–Trinajstić information content (AvgIpc) is 1.93. The normalized spacial score (nSPS) is 18.4. The second-order valence-electron chi connectivity index (χ2n) is 2.23. The molecule has 0 saturated heterocycles. The van der Waals surface area contributed by atoms with Gasteiger partial charge in [-0.3, -0.25) is 0 Å². The van der Waals surface area contributed by atoms with Crippen molar-refractivity contribution >= 4 is 11.9 Å². The summed E-state index contributed by atoms with van der Waals surface area (Å²) in [5.41, 5.74) is 2.30. The average molecular weight is 122 g/mol. The highest BCUT2D eigenvalue weighted by Crippen LogP contribution is 2.01. The fraction of sp³-hybridized carbons (Fsp3) is 0.429. The summed E-state index contributed by atoms with van der Waals surface area (Å²) in [6, 6.07) is 0. The first-order valence-electron chi connectivity index (χ1n) is 3.02. The van der Waals surface area contributed by atoms with Crippen molar-refractivity contribution in [2.75, 3.05) is 0 Å². The second kappa shape index (κ2) is 2.58. The summed E-state index contributed by atoms with van der Waals surface area (Å²) in [7, 11) is 0. The molecule has 0 unspecified atom stereocenters. The van der Waals surface area contributed by atoms with E-state index in [-0.39, 0.29) is 0 Å². The largest absolute Gasteiger partial charge is 0.163 e. The maximum atomic E-state index is 3.88.